The number of methoxy groups -OCH3 is 1. The summed E-state index contributed by atoms with van der Waals surface area (Å²) in [6.45, 7) is 13.0. The van der Waals surface area contributed by atoms with Crippen LogP contribution in [-0.2, 0) is 33.5 Å². The standard InChI is InChI=1S/C36H54O9S/c1-6-16-42-17-10-11-28-19-25(3)32(43-28)15-14-29-18-24(2)26(4)33(44-29)21-34-31(23-46(39,40)30-12-8-7-9-13-30)36(41-5)35(45-34)20-27(38)22-37/h6-13,24,26-29,31-38H,1,3,14-23H2,2,4-5H3/b11-10+/t24?,26?,27?,28?,29?,31?,32?,33?,34-,35?,36+/m0/s1. The molecule has 10 heteroatoms. The molecule has 0 amide bonds. The maximum absolute atomic E-state index is 13.5. The van der Waals surface area contributed by atoms with Crippen LogP contribution < -0.4 is 0 Å². The zero-order valence-corrected chi connectivity index (χ0v) is 28.4. The minimum absolute atomic E-state index is 0.00144. The summed E-state index contributed by atoms with van der Waals surface area (Å²) in [5.41, 5.74) is 1.10. The lowest BCUT2D eigenvalue weighted by Gasteiger charge is -2.41. The van der Waals surface area contributed by atoms with E-state index in [0.29, 0.717) is 25.6 Å². The molecule has 3 aliphatic heterocycles. The van der Waals surface area contributed by atoms with Crippen molar-refractivity contribution in [3.63, 3.8) is 0 Å². The largest absolute Gasteiger partial charge is 0.394 e. The summed E-state index contributed by atoms with van der Waals surface area (Å²) in [5, 5.41) is 19.8. The van der Waals surface area contributed by atoms with E-state index in [0.717, 1.165) is 31.3 Å². The first kappa shape index (κ1) is 36.9. The molecule has 9 unspecified atom stereocenters. The maximum atomic E-state index is 13.5. The highest BCUT2D eigenvalue weighted by molar-refractivity contribution is 7.91. The number of aliphatic hydroxyl groups excluding tert-OH is 2. The third-order valence-corrected chi connectivity index (χ3v) is 11.7. The molecule has 2 N–H and O–H groups in total. The zero-order valence-electron chi connectivity index (χ0n) is 27.6. The van der Waals surface area contributed by atoms with Crippen LogP contribution in [0.2, 0.25) is 0 Å². The Kier molecular flexibility index (Phi) is 14.0. The Morgan fingerprint density at radius 1 is 1.07 bits per heavy atom. The molecular weight excluding hydrogens is 608 g/mol. The second-order valence-electron chi connectivity index (χ2n) is 13.2. The minimum Gasteiger partial charge on any atom is -0.394 e. The highest BCUT2D eigenvalue weighted by Crippen LogP contribution is 2.41. The fraction of sp³-hybridized carbons (Fsp3) is 0.667. The topological polar surface area (TPSA) is 121 Å². The Morgan fingerprint density at radius 3 is 2.52 bits per heavy atom. The van der Waals surface area contributed by atoms with Crippen molar-refractivity contribution < 1.29 is 42.3 Å². The molecule has 0 bridgehead atoms. The van der Waals surface area contributed by atoms with Crippen molar-refractivity contribution in [1.82, 2.24) is 0 Å². The van der Waals surface area contributed by atoms with Crippen LogP contribution in [-0.4, -0.2) is 100 Å². The maximum Gasteiger partial charge on any atom is 0.178 e. The third-order valence-electron chi connectivity index (χ3n) is 9.88. The molecule has 11 atom stereocenters. The predicted molar refractivity (Wildman–Crippen MR) is 177 cm³/mol. The van der Waals surface area contributed by atoms with E-state index >= 15 is 0 Å². The first-order valence-electron chi connectivity index (χ1n) is 16.6. The van der Waals surface area contributed by atoms with Gasteiger partial charge in [0.2, 0.25) is 0 Å². The van der Waals surface area contributed by atoms with Crippen molar-refractivity contribution in [2.24, 2.45) is 17.8 Å². The lowest BCUT2D eigenvalue weighted by atomic mass is 9.79. The van der Waals surface area contributed by atoms with E-state index in [4.69, 9.17) is 23.7 Å². The lowest BCUT2D eigenvalue weighted by molar-refractivity contribution is -0.128. The van der Waals surface area contributed by atoms with Gasteiger partial charge in [-0.25, -0.2) is 8.42 Å². The molecule has 1 aromatic rings. The fourth-order valence-corrected chi connectivity index (χ4v) is 8.84. The van der Waals surface area contributed by atoms with Crippen molar-refractivity contribution in [3.05, 3.63) is 67.3 Å². The Labute approximate surface area is 275 Å². The van der Waals surface area contributed by atoms with Gasteiger partial charge in [-0.15, -0.1) is 6.58 Å². The van der Waals surface area contributed by atoms with E-state index in [1.807, 2.05) is 12.2 Å². The molecule has 0 aliphatic carbocycles. The second kappa shape index (κ2) is 17.5. The molecule has 0 radical (unpaired) electrons. The van der Waals surface area contributed by atoms with Gasteiger partial charge in [-0.2, -0.15) is 0 Å². The van der Waals surface area contributed by atoms with Crippen molar-refractivity contribution in [2.75, 3.05) is 32.7 Å². The minimum atomic E-state index is -3.64. The van der Waals surface area contributed by atoms with E-state index in [1.54, 1.807) is 43.5 Å². The summed E-state index contributed by atoms with van der Waals surface area (Å²) in [7, 11) is -2.10. The van der Waals surface area contributed by atoms with Crippen LogP contribution in [0.1, 0.15) is 52.4 Å². The van der Waals surface area contributed by atoms with Gasteiger partial charge in [-0.1, -0.05) is 56.9 Å². The number of hydrogen-bond donors (Lipinski definition) is 2. The number of rotatable bonds is 17. The van der Waals surface area contributed by atoms with Crippen LogP contribution in [0.25, 0.3) is 0 Å². The Bertz CT molecular complexity index is 1240. The zero-order chi connectivity index (χ0) is 33.3. The molecule has 3 fully saturated rings. The number of ether oxygens (including phenoxy) is 5. The van der Waals surface area contributed by atoms with Gasteiger partial charge in [-0.05, 0) is 48.8 Å². The summed E-state index contributed by atoms with van der Waals surface area (Å²) >= 11 is 0. The Hall–Kier alpha value is -1.89. The molecule has 258 valence electrons. The Balaban J connectivity index is 1.42. The molecule has 3 heterocycles. The van der Waals surface area contributed by atoms with E-state index in [1.165, 1.54) is 0 Å². The molecule has 0 aromatic heterocycles. The normalized spacial score (nSPS) is 34.3. The van der Waals surface area contributed by atoms with Crippen LogP contribution in [0.3, 0.4) is 0 Å². The average Bonchev–Trinajstić information content (AvgIpc) is 3.55. The summed E-state index contributed by atoms with van der Waals surface area (Å²) in [6, 6.07) is 8.43. The van der Waals surface area contributed by atoms with Crippen LogP contribution in [0.5, 0.6) is 0 Å². The van der Waals surface area contributed by atoms with E-state index in [-0.39, 0.29) is 47.4 Å². The fourth-order valence-electron chi connectivity index (χ4n) is 7.16. The van der Waals surface area contributed by atoms with Gasteiger partial charge in [0.1, 0.15) is 0 Å². The van der Waals surface area contributed by atoms with Crippen LogP contribution in [0, 0.1) is 17.8 Å². The van der Waals surface area contributed by atoms with Crippen molar-refractivity contribution >= 4 is 9.84 Å². The molecule has 3 saturated heterocycles. The highest BCUT2D eigenvalue weighted by Gasteiger charge is 2.49. The molecule has 46 heavy (non-hydrogen) atoms. The van der Waals surface area contributed by atoms with Crippen LogP contribution in [0.15, 0.2) is 72.2 Å². The van der Waals surface area contributed by atoms with E-state index < -0.39 is 46.8 Å². The number of hydrogen-bond acceptors (Lipinski definition) is 9. The first-order chi connectivity index (χ1) is 22.1. The molecular formula is C36H54O9S. The van der Waals surface area contributed by atoms with Crippen LogP contribution in [0.4, 0.5) is 0 Å². The lowest BCUT2D eigenvalue weighted by Crippen LogP contribution is -2.43. The van der Waals surface area contributed by atoms with Crippen LogP contribution >= 0.6 is 0 Å². The predicted octanol–water partition coefficient (Wildman–Crippen LogP) is 4.67. The van der Waals surface area contributed by atoms with Gasteiger partial charge in [0.05, 0.1) is 79.3 Å². The monoisotopic (exact) mass is 662 g/mol. The van der Waals surface area contributed by atoms with Gasteiger partial charge in [0.25, 0.3) is 0 Å². The summed E-state index contributed by atoms with van der Waals surface area (Å²) in [5.74, 6) is 0.0222. The van der Waals surface area contributed by atoms with Gasteiger partial charge in [-0.3, -0.25) is 0 Å². The second-order valence-corrected chi connectivity index (χ2v) is 15.2. The smallest absolute Gasteiger partial charge is 0.178 e. The first-order valence-corrected chi connectivity index (χ1v) is 18.3. The van der Waals surface area contributed by atoms with Gasteiger partial charge in [0.15, 0.2) is 9.84 Å². The van der Waals surface area contributed by atoms with Gasteiger partial charge < -0.3 is 33.9 Å². The van der Waals surface area contributed by atoms with E-state index in [9.17, 15) is 18.6 Å². The van der Waals surface area contributed by atoms with Crippen molar-refractivity contribution in [1.29, 1.82) is 0 Å². The summed E-state index contributed by atoms with van der Waals surface area (Å²) < 4.78 is 57.8. The quantitative estimate of drug-likeness (QED) is 0.181. The highest BCUT2D eigenvalue weighted by atomic mass is 32.2. The molecule has 0 spiro atoms. The average molecular weight is 663 g/mol. The number of aliphatic hydroxyl groups is 2. The molecule has 4 rings (SSSR count). The summed E-state index contributed by atoms with van der Waals surface area (Å²) in [6.07, 6.45) is 7.10. The number of benzene rings is 1. The molecule has 0 saturated carbocycles. The molecule has 3 aliphatic rings. The van der Waals surface area contributed by atoms with Crippen molar-refractivity contribution in [3.8, 4) is 0 Å². The van der Waals surface area contributed by atoms with Crippen molar-refractivity contribution in [2.45, 2.75) is 106 Å². The van der Waals surface area contributed by atoms with E-state index in [2.05, 4.69) is 27.0 Å². The van der Waals surface area contributed by atoms with Gasteiger partial charge >= 0.3 is 0 Å². The molecule has 1 aromatic carbocycles. The SMILES string of the molecule is C=CCOC/C=C/C1CC(=C)C(CCC2CC(C)C(C)C(C[C@@H]3OC(CC(O)CO)[C@H](OC)C3CS(=O)(=O)c3ccccc3)O2)O1. The summed E-state index contributed by atoms with van der Waals surface area (Å²) in [4.78, 5) is 0.257. The number of sulfone groups is 1. The Morgan fingerprint density at radius 2 is 1.83 bits per heavy atom. The molecule has 9 nitrogen and oxygen atoms in total. The third kappa shape index (κ3) is 9.82. The van der Waals surface area contributed by atoms with Gasteiger partial charge in [0, 0.05) is 32.3 Å².